The van der Waals surface area contributed by atoms with E-state index in [1.165, 1.54) is 16.2 Å². The van der Waals surface area contributed by atoms with Gasteiger partial charge in [0.2, 0.25) is 0 Å². The van der Waals surface area contributed by atoms with Crippen LogP contribution in [0.1, 0.15) is 28.4 Å². The second-order valence-electron chi connectivity index (χ2n) is 4.52. The normalized spacial score (nSPS) is 11.4. The molecule has 2 heterocycles. The van der Waals surface area contributed by atoms with Crippen molar-refractivity contribution in [3.63, 3.8) is 0 Å². The maximum Gasteiger partial charge on any atom is 0.261 e. The van der Waals surface area contributed by atoms with E-state index in [2.05, 4.69) is 30.6 Å². The SMILES string of the molecule is CC(C)(CNC(=O)c1cccs1)c1cccs1. The molecular weight excluding hydrogens is 250 g/mol. The third kappa shape index (κ3) is 2.96. The minimum atomic E-state index is -0.0128. The van der Waals surface area contributed by atoms with Gasteiger partial charge in [0.05, 0.1) is 4.88 Å². The summed E-state index contributed by atoms with van der Waals surface area (Å²) in [5.74, 6) is 0.0182. The highest BCUT2D eigenvalue weighted by atomic mass is 32.1. The molecular formula is C13H15NOS2. The van der Waals surface area contributed by atoms with Gasteiger partial charge in [-0.2, -0.15) is 0 Å². The topological polar surface area (TPSA) is 29.1 Å². The van der Waals surface area contributed by atoms with Crippen LogP contribution in [0.5, 0.6) is 0 Å². The lowest BCUT2D eigenvalue weighted by atomic mass is 9.91. The average molecular weight is 265 g/mol. The third-order valence-electron chi connectivity index (χ3n) is 2.62. The van der Waals surface area contributed by atoms with Crippen molar-refractivity contribution in [3.05, 3.63) is 44.8 Å². The molecule has 2 aromatic heterocycles. The van der Waals surface area contributed by atoms with Crippen molar-refractivity contribution in [1.82, 2.24) is 5.32 Å². The van der Waals surface area contributed by atoms with Gasteiger partial charge in [0, 0.05) is 16.8 Å². The molecule has 1 N–H and O–H groups in total. The van der Waals surface area contributed by atoms with Crippen LogP contribution in [0, 0.1) is 0 Å². The summed E-state index contributed by atoms with van der Waals surface area (Å²) in [7, 11) is 0. The summed E-state index contributed by atoms with van der Waals surface area (Å²) in [4.78, 5) is 13.9. The van der Waals surface area contributed by atoms with Crippen molar-refractivity contribution >= 4 is 28.6 Å². The Kier molecular flexibility index (Phi) is 3.64. The van der Waals surface area contributed by atoms with Crippen LogP contribution in [0.4, 0.5) is 0 Å². The smallest absolute Gasteiger partial charge is 0.261 e. The molecule has 17 heavy (non-hydrogen) atoms. The van der Waals surface area contributed by atoms with Gasteiger partial charge < -0.3 is 5.32 Å². The van der Waals surface area contributed by atoms with Crippen molar-refractivity contribution in [2.24, 2.45) is 0 Å². The maximum absolute atomic E-state index is 11.8. The molecule has 0 aliphatic carbocycles. The van der Waals surface area contributed by atoms with Gasteiger partial charge in [-0.15, -0.1) is 22.7 Å². The van der Waals surface area contributed by atoms with Crippen molar-refractivity contribution in [2.75, 3.05) is 6.54 Å². The van der Waals surface area contributed by atoms with E-state index in [1.54, 1.807) is 11.3 Å². The Bertz CT molecular complexity index is 472. The zero-order valence-corrected chi connectivity index (χ0v) is 11.5. The number of rotatable bonds is 4. The molecule has 0 saturated carbocycles. The van der Waals surface area contributed by atoms with Crippen LogP contribution in [-0.4, -0.2) is 12.5 Å². The van der Waals surface area contributed by atoms with Crippen LogP contribution in [0.15, 0.2) is 35.0 Å². The summed E-state index contributed by atoms with van der Waals surface area (Å²) in [6.45, 7) is 4.95. The molecule has 0 unspecified atom stereocenters. The van der Waals surface area contributed by atoms with E-state index in [1.807, 2.05) is 23.6 Å². The van der Waals surface area contributed by atoms with E-state index in [-0.39, 0.29) is 11.3 Å². The number of thiophene rings is 2. The quantitative estimate of drug-likeness (QED) is 0.900. The van der Waals surface area contributed by atoms with Gasteiger partial charge >= 0.3 is 0 Å². The van der Waals surface area contributed by atoms with Crippen LogP contribution in [0.3, 0.4) is 0 Å². The predicted octanol–water partition coefficient (Wildman–Crippen LogP) is 3.52. The number of hydrogen-bond donors (Lipinski definition) is 1. The molecule has 0 radical (unpaired) electrons. The standard InChI is InChI=1S/C13H15NOS2/c1-13(2,11-6-4-8-17-11)9-14-12(15)10-5-3-7-16-10/h3-8H,9H2,1-2H3,(H,14,15). The number of nitrogens with one attached hydrogen (secondary N) is 1. The number of carbonyl (C=O) groups is 1. The molecule has 2 nitrogen and oxygen atoms in total. The lowest BCUT2D eigenvalue weighted by molar-refractivity contribution is 0.0950. The molecule has 0 saturated heterocycles. The zero-order valence-electron chi connectivity index (χ0n) is 9.90. The Morgan fingerprint density at radius 3 is 2.53 bits per heavy atom. The van der Waals surface area contributed by atoms with E-state index < -0.39 is 0 Å². The fourth-order valence-electron chi connectivity index (χ4n) is 1.55. The number of hydrogen-bond acceptors (Lipinski definition) is 3. The summed E-state index contributed by atoms with van der Waals surface area (Å²) in [5.41, 5.74) is -0.0128. The Labute approximate surface area is 109 Å². The average Bonchev–Trinajstić information content (AvgIpc) is 2.97. The monoisotopic (exact) mass is 265 g/mol. The molecule has 0 atom stereocenters. The third-order valence-corrected chi connectivity index (χ3v) is 4.73. The molecule has 0 aliphatic heterocycles. The Morgan fingerprint density at radius 1 is 1.24 bits per heavy atom. The van der Waals surface area contributed by atoms with Gasteiger partial charge in [-0.1, -0.05) is 26.0 Å². The minimum absolute atomic E-state index is 0.0128. The van der Waals surface area contributed by atoms with Gasteiger partial charge in [0.1, 0.15) is 0 Å². The molecule has 90 valence electrons. The lowest BCUT2D eigenvalue weighted by Crippen LogP contribution is -2.35. The fourth-order valence-corrected chi connectivity index (χ4v) is 3.04. The van der Waals surface area contributed by atoms with Crippen LogP contribution < -0.4 is 5.32 Å². The molecule has 0 bridgehead atoms. The Morgan fingerprint density at radius 2 is 1.94 bits per heavy atom. The van der Waals surface area contributed by atoms with Gasteiger partial charge in [-0.05, 0) is 22.9 Å². The first-order valence-corrected chi connectivity index (χ1v) is 7.21. The summed E-state index contributed by atoms with van der Waals surface area (Å²) < 4.78 is 0. The highest BCUT2D eigenvalue weighted by molar-refractivity contribution is 7.12. The summed E-state index contributed by atoms with van der Waals surface area (Å²) >= 11 is 3.20. The fraction of sp³-hybridized carbons (Fsp3) is 0.308. The molecule has 4 heteroatoms. The van der Waals surface area contributed by atoms with Gasteiger partial charge in [-0.25, -0.2) is 0 Å². The first-order chi connectivity index (χ1) is 8.09. The van der Waals surface area contributed by atoms with E-state index in [9.17, 15) is 4.79 Å². The highest BCUT2D eigenvalue weighted by Crippen LogP contribution is 2.26. The van der Waals surface area contributed by atoms with Crippen LogP contribution in [0.25, 0.3) is 0 Å². The van der Waals surface area contributed by atoms with E-state index in [4.69, 9.17) is 0 Å². The van der Waals surface area contributed by atoms with Crippen molar-refractivity contribution in [1.29, 1.82) is 0 Å². The van der Waals surface area contributed by atoms with Crippen molar-refractivity contribution in [2.45, 2.75) is 19.3 Å². The number of carbonyl (C=O) groups excluding carboxylic acids is 1. The molecule has 0 aliphatic rings. The van der Waals surface area contributed by atoms with Crippen LogP contribution in [-0.2, 0) is 5.41 Å². The molecule has 0 fully saturated rings. The molecule has 2 rings (SSSR count). The van der Waals surface area contributed by atoms with E-state index in [0.717, 1.165) is 4.88 Å². The molecule has 0 aromatic carbocycles. The highest BCUT2D eigenvalue weighted by Gasteiger charge is 2.22. The van der Waals surface area contributed by atoms with E-state index >= 15 is 0 Å². The first-order valence-electron chi connectivity index (χ1n) is 5.45. The van der Waals surface area contributed by atoms with Crippen molar-refractivity contribution in [3.8, 4) is 0 Å². The van der Waals surface area contributed by atoms with Gasteiger partial charge in [0.25, 0.3) is 5.91 Å². The van der Waals surface area contributed by atoms with Crippen molar-refractivity contribution < 1.29 is 4.79 Å². The summed E-state index contributed by atoms with van der Waals surface area (Å²) in [6.07, 6.45) is 0. The van der Waals surface area contributed by atoms with Crippen LogP contribution in [0.2, 0.25) is 0 Å². The lowest BCUT2D eigenvalue weighted by Gasteiger charge is -2.23. The zero-order chi connectivity index (χ0) is 12.3. The van der Waals surface area contributed by atoms with Gasteiger partial charge in [-0.3, -0.25) is 4.79 Å². The second-order valence-corrected chi connectivity index (χ2v) is 6.42. The summed E-state index contributed by atoms with van der Waals surface area (Å²) in [5, 5.41) is 6.98. The van der Waals surface area contributed by atoms with Crippen LogP contribution >= 0.6 is 22.7 Å². The molecule has 0 spiro atoms. The maximum atomic E-state index is 11.8. The Hall–Kier alpha value is -1.13. The first kappa shape index (κ1) is 12.3. The molecule has 2 aromatic rings. The minimum Gasteiger partial charge on any atom is -0.350 e. The predicted molar refractivity (Wildman–Crippen MR) is 74.0 cm³/mol. The van der Waals surface area contributed by atoms with Gasteiger partial charge in [0.15, 0.2) is 0 Å². The number of amides is 1. The molecule has 1 amide bonds. The Balaban J connectivity index is 1.96. The van der Waals surface area contributed by atoms with E-state index in [0.29, 0.717) is 6.54 Å². The largest absolute Gasteiger partial charge is 0.350 e. The summed E-state index contributed by atoms with van der Waals surface area (Å²) in [6, 6.07) is 7.90. The second kappa shape index (κ2) is 5.02.